The molecule has 1 saturated heterocycles. The van der Waals surface area contributed by atoms with Crippen molar-refractivity contribution in [3.63, 3.8) is 0 Å². The minimum atomic E-state index is -0.433. The zero-order valence-electron chi connectivity index (χ0n) is 17.2. The van der Waals surface area contributed by atoms with Crippen LogP contribution in [-0.4, -0.2) is 41.8 Å². The molecule has 0 saturated carbocycles. The Morgan fingerprint density at radius 2 is 1.67 bits per heavy atom. The van der Waals surface area contributed by atoms with Crippen molar-refractivity contribution >= 4 is 17.4 Å². The van der Waals surface area contributed by atoms with E-state index in [0.717, 1.165) is 17.7 Å². The van der Waals surface area contributed by atoms with E-state index in [1.165, 1.54) is 6.07 Å². The molecular formula is C24H25FN2O3. The highest BCUT2D eigenvalue weighted by Crippen LogP contribution is 2.38. The summed E-state index contributed by atoms with van der Waals surface area (Å²) in [4.78, 5) is 30.0. The van der Waals surface area contributed by atoms with Crippen LogP contribution in [0.25, 0.3) is 5.57 Å². The van der Waals surface area contributed by atoms with Gasteiger partial charge < -0.3 is 9.64 Å². The van der Waals surface area contributed by atoms with Gasteiger partial charge in [-0.25, -0.2) is 4.39 Å². The van der Waals surface area contributed by atoms with E-state index in [0.29, 0.717) is 47.2 Å². The van der Waals surface area contributed by atoms with Gasteiger partial charge >= 0.3 is 0 Å². The van der Waals surface area contributed by atoms with Crippen LogP contribution in [0.4, 0.5) is 4.39 Å². The third-order valence-electron chi connectivity index (χ3n) is 5.91. The third kappa shape index (κ3) is 3.58. The van der Waals surface area contributed by atoms with Crippen molar-refractivity contribution in [2.24, 2.45) is 5.92 Å². The van der Waals surface area contributed by atoms with Crippen LogP contribution in [0, 0.1) is 11.7 Å². The van der Waals surface area contributed by atoms with Crippen LogP contribution in [0.3, 0.4) is 0 Å². The predicted octanol–water partition coefficient (Wildman–Crippen LogP) is 3.85. The van der Waals surface area contributed by atoms with Crippen LogP contribution < -0.4 is 4.74 Å². The number of carbonyl (C=O) groups excluding carboxylic acids is 2. The van der Waals surface area contributed by atoms with Gasteiger partial charge in [0.25, 0.3) is 11.8 Å². The third-order valence-corrected chi connectivity index (χ3v) is 5.91. The normalized spacial score (nSPS) is 17.8. The number of methoxy groups -OCH3 is 1. The van der Waals surface area contributed by atoms with E-state index in [-0.39, 0.29) is 12.5 Å². The Balaban J connectivity index is 1.77. The number of para-hydroxylation sites is 1. The number of piperidine rings is 1. The van der Waals surface area contributed by atoms with Crippen molar-refractivity contribution in [3.05, 3.63) is 71.2 Å². The highest BCUT2D eigenvalue weighted by atomic mass is 19.1. The predicted molar refractivity (Wildman–Crippen MR) is 112 cm³/mol. The van der Waals surface area contributed by atoms with Gasteiger partial charge in [0.2, 0.25) is 0 Å². The average Bonchev–Trinajstić information content (AvgIpc) is 3.00. The summed E-state index contributed by atoms with van der Waals surface area (Å²) < 4.78 is 19.7. The second-order valence-corrected chi connectivity index (χ2v) is 7.88. The lowest BCUT2D eigenvalue weighted by molar-refractivity contribution is -0.138. The minimum absolute atomic E-state index is 0.100. The Morgan fingerprint density at radius 1 is 1.00 bits per heavy atom. The van der Waals surface area contributed by atoms with Crippen LogP contribution in [0.2, 0.25) is 0 Å². The Morgan fingerprint density at radius 3 is 2.37 bits per heavy atom. The van der Waals surface area contributed by atoms with Gasteiger partial charge in [0.15, 0.2) is 0 Å². The van der Waals surface area contributed by atoms with Crippen molar-refractivity contribution < 1.29 is 18.7 Å². The summed E-state index contributed by atoms with van der Waals surface area (Å²) in [5.41, 5.74) is 1.63. The van der Waals surface area contributed by atoms with Crippen molar-refractivity contribution in [3.8, 4) is 5.75 Å². The molecule has 0 unspecified atom stereocenters. The summed E-state index contributed by atoms with van der Waals surface area (Å²) in [7, 11) is 1.54. The molecule has 2 amide bonds. The molecule has 0 atom stereocenters. The number of halogens is 1. The first-order valence-electron chi connectivity index (χ1n) is 10.2. The Hall–Kier alpha value is -3.15. The Bertz CT molecular complexity index is 1010. The maximum Gasteiger partial charge on any atom is 0.278 e. The maximum absolute atomic E-state index is 14.2. The Labute approximate surface area is 175 Å². The molecule has 2 aromatic rings. The number of nitrogens with zero attached hydrogens (tertiary/aromatic N) is 2. The molecule has 5 nitrogen and oxygen atoms in total. The van der Waals surface area contributed by atoms with E-state index in [9.17, 15) is 14.0 Å². The number of hydrogen-bond acceptors (Lipinski definition) is 4. The van der Waals surface area contributed by atoms with Gasteiger partial charge in [0.1, 0.15) is 17.3 Å². The number of rotatable bonds is 5. The average molecular weight is 408 g/mol. The van der Waals surface area contributed by atoms with Crippen molar-refractivity contribution in [1.82, 2.24) is 9.80 Å². The number of carbonyl (C=O) groups is 2. The highest BCUT2D eigenvalue weighted by molar-refractivity contribution is 6.35. The minimum Gasteiger partial charge on any atom is -0.496 e. The van der Waals surface area contributed by atoms with Gasteiger partial charge in [-0.3, -0.25) is 14.5 Å². The molecule has 156 valence electrons. The quantitative estimate of drug-likeness (QED) is 0.706. The van der Waals surface area contributed by atoms with Crippen LogP contribution >= 0.6 is 0 Å². The van der Waals surface area contributed by atoms with Crippen molar-refractivity contribution in [2.45, 2.75) is 26.3 Å². The molecule has 0 radical (unpaired) electrons. The van der Waals surface area contributed by atoms with Crippen LogP contribution in [0.1, 0.15) is 30.9 Å². The molecule has 0 aromatic heterocycles. The fourth-order valence-electron chi connectivity index (χ4n) is 4.12. The summed E-state index contributed by atoms with van der Waals surface area (Å²) in [5, 5.41) is 0. The second-order valence-electron chi connectivity index (χ2n) is 7.88. The van der Waals surface area contributed by atoms with Gasteiger partial charge in [0.05, 0.1) is 19.2 Å². The lowest BCUT2D eigenvalue weighted by atomic mass is 9.97. The maximum atomic E-state index is 14.2. The molecule has 6 heteroatoms. The molecule has 0 N–H and O–H groups in total. The second kappa shape index (κ2) is 8.30. The monoisotopic (exact) mass is 408 g/mol. The smallest absolute Gasteiger partial charge is 0.278 e. The zero-order chi connectivity index (χ0) is 21.3. The molecular weight excluding hydrogens is 383 g/mol. The zero-order valence-corrected chi connectivity index (χ0v) is 17.2. The first-order chi connectivity index (χ1) is 14.5. The topological polar surface area (TPSA) is 49.9 Å². The highest BCUT2D eigenvalue weighted by Gasteiger charge is 2.43. The van der Waals surface area contributed by atoms with Gasteiger partial charge in [-0.1, -0.05) is 43.3 Å². The van der Waals surface area contributed by atoms with E-state index in [2.05, 4.69) is 6.92 Å². The standard InChI is InChI=1S/C24H25FN2O3/c1-16-11-13-26(14-12-16)22-21(18-8-4-6-10-20(18)30-2)23(28)27(24(22)29)15-17-7-3-5-9-19(17)25/h3-10,16H,11-15H2,1-2H3. The van der Waals surface area contributed by atoms with E-state index >= 15 is 0 Å². The molecule has 4 rings (SSSR count). The van der Waals surface area contributed by atoms with Crippen LogP contribution in [0.15, 0.2) is 54.2 Å². The molecule has 2 aliphatic heterocycles. The molecule has 30 heavy (non-hydrogen) atoms. The summed E-state index contributed by atoms with van der Waals surface area (Å²) in [5.74, 6) is -0.111. The summed E-state index contributed by atoms with van der Waals surface area (Å²) in [6, 6.07) is 13.4. The van der Waals surface area contributed by atoms with Crippen LogP contribution in [0.5, 0.6) is 5.75 Å². The van der Waals surface area contributed by atoms with Crippen molar-refractivity contribution in [2.75, 3.05) is 20.2 Å². The molecule has 2 heterocycles. The van der Waals surface area contributed by atoms with E-state index in [4.69, 9.17) is 4.74 Å². The SMILES string of the molecule is COc1ccccc1C1=C(N2CCC(C)CC2)C(=O)N(Cc2ccccc2F)C1=O. The molecule has 0 aliphatic carbocycles. The molecule has 1 fully saturated rings. The molecule has 2 aliphatic rings. The summed E-state index contributed by atoms with van der Waals surface area (Å²) in [6.07, 6.45) is 1.91. The first kappa shape index (κ1) is 20.1. The lowest BCUT2D eigenvalue weighted by Gasteiger charge is -2.32. The fraction of sp³-hybridized carbons (Fsp3) is 0.333. The lowest BCUT2D eigenvalue weighted by Crippen LogP contribution is -2.38. The molecule has 0 spiro atoms. The number of ether oxygens (including phenoxy) is 1. The first-order valence-corrected chi connectivity index (χ1v) is 10.2. The van der Waals surface area contributed by atoms with E-state index in [1.54, 1.807) is 37.4 Å². The van der Waals surface area contributed by atoms with Gasteiger partial charge in [-0.2, -0.15) is 0 Å². The summed E-state index contributed by atoms with van der Waals surface area (Å²) in [6.45, 7) is 3.51. The van der Waals surface area contributed by atoms with Gasteiger partial charge in [0, 0.05) is 24.2 Å². The van der Waals surface area contributed by atoms with Gasteiger partial charge in [-0.15, -0.1) is 0 Å². The number of imide groups is 1. The fourth-order valence-corrected chi connectivity index (χ4v) is 4.12. The Kier molecular flexibility index (Phi) is 5.57. The molecule has 2 aromatic carbocycles. The van der Waals surface area contributed by atoms with Crippen molar-refractivity contribution in [1.29, 1.82) is 0 Å². The number of hydrogen-bond donors (Lipinski definition) is 0. The van der Waals surface area contributed by atoms with Gasteiger partial charge in [-0.05, 0) is 30.9 Å². The van der Waals surface area contributed by atoms with E-state index < -0.39 is 11.7 Å². The van der Waals surface area contributed by atoms with E-state index in [1.807, 2.05) is 17.0 Å². The number of likely N-dealkylation sites (tertiary alicyclic amines) is 1. The van der Waals surface area contributed by atoms with Crippen LogP contribution in [-0.2, 0) is 16.1 Å². The molecule has 0 bridgehead atoms. The summed E-state index contributed by atoms with van der Waals surface area (Å²) >= 11 is 0. The largest absolute Gasteiger partial charge is 0.496 e. The number of benzene rings is 2. The number of amides is 2.